The van der Waals surface area contributed by atoms with Crippen LogP contribution in [0.1, 0.15) is 123 Å². The zero-order valence-electron chi connectivity index (χ0n) is 28.6. The lowest BCUT2D eigenvalue weighted by molar-refractivity contribution is -0.887. The Morgan fingerprint density at radius 3 is 1.84 bits per heavy atom. The maximum absolute atomic E-state index is 12.5. The first-order valence-electron chi connectivity index (χ1n) is 17.0. The molecule has 8 nitrogen and oxygen atoms in total. The predicted octanol–water partition coefficient (Wildman–Crippen LogP) is 7.96. The number of hydrogen-bond donors (Lipinski definition) is 1. The summed E-state index contributed by atoms with van der Waals surface area (Å²) in [7, 11) is 5.47. The van der Waals surface area contributed by atoms with Crippen LogP contribution in [0.25, 0.3) is 0 Å². The molecule has 0 rings (SSSR count). The van der Waals surface area contributed by atoms with Gasteiger partial charge < -0.3 is 23.8 Å². The van der Waals surface area contributed by atoms with Crippen molar-refractivity contribution in [2.24, 2.45) is 0 Å². The first kappa shape index (κ1) is 41.5. The van der Waals surface area contributed by atoms with Crippen LogP contribution in [0, 0.1) is 0 Å². The van der Waals surface area contributed by atoms with E-state index >= 15 is 0 Å². The van der Waals surface area contributed by atoms with Crippen LogP contribution in [0.3, 0.4) is 0 Å². The average molecular weight is 623 g/mol. The van der Waals surface area contributed by atoms with E-state index in [1.807, 2.05) is 33.3 Å². The molecule has 0 aliphatic heterocycles. The predicted molar refractivity (Wildman–Crippen MR) is 178 cm³/mol. The van der Waals surface area contributed by atoms with Crippen molar-refractivity contribution in [3.05, 3.63) is 36.5 Å². The van der Waals surface area contributed by atoms with E-state index in [9.17, 15) is 19.5 Å². The second kappa shape index (κ2) is 28.1. The van der Waals surface area contributed by atoms with Crippen LogP contribution in [0.4, 0.5) is 0 Å². The molecule has 0 aliphatic rings. The van der Waals surface area contributed by atoms with E-state index < -0.39 is 18.1 Å². The molecule has 2 unspecified atom stereocenters. The Bertz CT molecular complexity index is 829. The first-order chi connectivity index (χ1) is 21.1. The normalized spacial score (nSPS) is 13.6. The molecule has 0 aromatic rings. The van der Waals surface area contributed by atoms with Crippen molar-refractivity contribution < 1.29 is 38.2 Å². The molecule has 0 aromatic carbocycles. The van der Waals surface area contributed by atoms with Gasteiger partial charge in [-0.15, -0.1) is 0 Å². The topological polar surface area (TPSA) is 99.1 Å². The zero-order chi connectivity index (χ0) is 32.9. The number of nitrogens with zero attached hydrogens (tertiary/aromatic N) is 1. The Kier molecular flexibility index (Phi) is 26.5. The van der Waals surface area contributed by atoms with Gasteiger partial charge in [-0.1, -0.05) is 95.2 Å². The van der Waals surface area contributed by atoms with Crippen LogP contribution in [0.15, 0.2) is 36.5 Å². The molecule has 0 spiro atoms. The molecule has 0 aliphatic carbocycles. The van der Waals surface area contributed by atoms with Crippen LogP contribution in [-0.2, 0) is 28.6 Å². The molecule has 0 fully saturated rings. The van der Waals surface area contributed by atoms with Crippen molar-refractivity contribution in [2.45, 2.75) is 135 Å². The molecule has 0 radical (unpaired) electrons. The average Bonchev–Trinajstić information content (AvgIpc) is 2.96. The van der Waals surface area contributed by atoms with Gasteiger partial charge in [-0.3, -0.25) is 9.59 Å². The highest BCUT2D eigenvalue weighted by molar-refractivity contribution is 5.72. The van der Waals surface area contributed by atoms with Crippen molar-refractivity contribution in [1.29, 1.82) is 0 Å². The van der Waals surface area contributed by atoms with Gasteiger partial charge in [-0.2, -0.15) is 0 Å². The van der Waals surface area contributed by atoms with Gasteiger partial charge in [0.1, 0.15) is 6.61 Å². The van der Waals surface area contributed by atoms with Crippen LogP contribution in [0.2, 0.25) is 0 Å². The van der Waals surface area contributed by atoms with Crippen LogP contribution < -0.4 is 0 Å². The number of unbranched alkanes of at least 4 members (excludes halogenated alkanes) is 9. The van der Waals surface area contributed by atoms with Gasteiger partial charge in [-0.25, -0.2) is 4.79 Å². The Labute approximate surface area is 268 Å². The maximum atomic E-state index is 12.5. The number of quaternary nitrogens is 1. The van der Waals surface area contributed by atoms with Gasteiger partial charge in [0.2, 0.25) is 0 Å². The van der Waals surface area contributed by atoms with Crippen molar-refractivity contribution in [3.8, 4) is 0 Å². The minimum Gasteiger partial charge on any atom is -0.477 e. The Morgan fingerprint density at radius 2 is 1.20 bits per heavy atom. The molecule has 8 heteroatoms. The van der Waals surface area contributed by atoms with Gasteiger partial charge >= 0.3 is 17.9 Å². The second-order valence-electron chi connectivity index (χ2n) is 12.4. The zero-order valence-corrected chi connectivity index (χ0v) is 28.6. The summed E-state index contributed by atoms with van der Waals surface area (Å²) >= 11 is 0. The van der Waals surface area contributed by atoms with E-state index in [1.165, 1.54) is 51.4 Å². The van der Waals surface area contributed by atoms with Crippen LogP contribution >= 0.6 is 0 Å². The van der Waals surface area contributed by atoms with Gasteiger partial charge in [-0.05, 0) is 44.9 Å². The summed E-state index contributed by atoms with van der Waals surface area (Å²) in [6, 6.07) is -0.624. The third-order valence-electron chi connectivity index (χ3n) is 7.29. The van der Waals surface area contributed by atoms with Crippen molar-refractivity contribution in [3.63, 3.8) is 0 Å². The molecular weight excluding hydrogens is 558 g/mol. The molecule has 0 bridgehead atoms. The van der Waals surface area contributed by atoms with Gasteiger partial charge in [0.05, 0.1) is 34.4 Å². The largest absolute Gasteiger partial charge is 0.477 e. The number of ether oxygens (including phenoxy) is 3. The lowest BCUT2D eigenvalue weighted by Gasteiger charge is -2.31. The van der Waals surface area contributed by atoms with E-state index in [1.54, 1.807) is 0 Å². The molecule has 0 aromatic heterocycles. The second-order valence-corrected chi connectivity index (χ2v) is 12.4. The number of carbonyl (C=O) groups excluding carboxylic acids is 2. The molecule has 1 N–H and O–H groups in total. The number of likely N-dealkylation sites (N-methyl/N-ethyl adjacent to an activating group) is 1. The highest BCUT2D eigenvalue weighted by atomic mass is 16.6. The smallest absolute Gasteiger partial charge is 0.362 e. The van der Waals surface area contributed by atoms with E-state index in [0.717, 1.165) is 25.7 Å². The summed E-state index contributed by atoms with van der Waals surface area (Å²) in [6.45, 7) is 4.52. The number of carboxylic acid groups (broad SMARTS) is 1. The van der Waals surface area contributed by atoms with Crippen molar-refractivity contribution in [2.75, 3.05) is 41.0 Å². The fourth-order valence-corrected chi connectivity index (χ4v) is 4.57. The Hall–Kier alpha value is -2.45. The molecule has 2 atom stereocenters. The molecule has 0 amide bonds. The van der Waals surface area contributed by atoms with Gasteiger partial charge in [0.25, 0.3) is 0 Å². The van der Waals surface area contributed by atoms with Crippen LogP contribution in [0.5, 0.6) is 0 Å². The molecular formula is C36H64NO7+. The molecule has 0 saturated carbocycles. The lowest BCUT2D eigenvalue weighted by Crippen LogP contribution is -2.50. The summed E-state index contributed by atoms with van der Waals surface area (Å²) in [5, 5.41) is 9.53. The third kappa shape index (κ3) is 26.0. The SMILES string of the molecule is CCCCC/C=C/CCC(=O)OCC(COCCC(C(=O)O)[N+](C)(C)C)OC(=O)CC/C=C/C/C=C/CCCCCCCC. The minimum atomic E-state index is -0.890. The maximum Gasteiger partial charge on any atom is 0.362 e. The van der Waals surface area contributed by atoms with Gasteiger partial charge in [0, 0.05) is 19.3 Å². The summed E-state index contributed by atoms with van der Waals surface area (Å²) < 4.78 is 16.9. The van der Waals surface area contributed by atoms with Crippen molar-refractivity contribution in [1.82, 2.24) is 0 Å². The van der Waals surface area contributed by atoms with E-state index in [0.29, 0.717) is 19.3 Å². The highest BCUT2D eigenvalue weighted by Crippen LogP contribution is 2.10. The summed E-state index contributed by atoms with van der Waals surface area (Å²) in [5.41, 5.74) is 0. The van der Waals surface area contributed by atoms with Gasteiger partial charge in [0.15, 0.2) is 12.1 Å². The van der Waals surface area contributed by atoms with E-state index in [2.05, 4.69) is 38.2 Å². The third-order valence-corrected chi connectivity index (χ3v) is 7.29. The Morgan fingerprint density at radius 1 is 0.682 bits per heavy atom. The fraction of sp³-hybridized carbons (Fsp3) is 0.750. The number of aliphatic carboxylic acids is 1. The van der Waals surface area contributed by atoms with E-state index in [4.69, 9.17) is 14.2 Å². The van der Waals surface area contributed by atoms with Crippen LogP contribution in [-0.4, -0.2) is 80.6 Å². The highest BCUT2D eigenvalue weighted by Gasteiger charge is 2.31. The number of hydrogen-bond acceptors (Lipinski definition) is 6. The minimum absolute atomic E-state index is 0.0269. The summed E-state index contributed by atoms with van der Waals surface area (Å²) in [5.74, 6) is -1.63. The number of rotatable bonds is 29. The number of esters is 2. The molecule has 0 heterocycles. The summed E-state index contributed by atoms with van der Waals surface area (Å²) in [4.78, 5) is 36.4. The Balaban J connectivity index is 4.60. The van der Waals surface area contributed by atoms with Crippen molar-refractivity contribution >= 4 is 17.9 Å². The number of carbonyl (C=O) groups is 3. The number of carboxylic acids is 1. The lowest BCUT2D eigenvalue weighted by atomic mass is 10.1. The van der Waals surface area contributed by atoms with E-state index in [-0.39, 0.29) is 49.1 Å². The molecule has 254 valence electrons. The standard InChI is InChI=1S/C36H63NO7/c1-6-8-10-12-14-15-16-17-18-19-21-23-25-27-35(39)44-32(30-42-29-28-33(36(40)41)37(3,4)5)31-43-34(38)26-24-22-20-13-11-9-7-2/h17-18,20-23,32-33H,6-16,19,24-31H2,1-5H3/p+1/b18-17+,22-20+,23-21+. The molecule has 0 saturated heterocycles. The quantitative estimate of drug-likeness (QED) is 0.0391. The monoisotopic (exact) mass is 622 g/mol. The first-order valence-corrected chi connectivity index (χ1v) is 17.0. The number of allylic oxidation sites excluding steroid dienone is 6. The summed E-state index contributed by atoms with van der Waals surface area (Å²) in [6.07, 6.45) is 28.0. The molecule has 44 heavy (non-hydrogen) atoms. The fourth-order valence-electron chi connectivity index (χ4n) is 4.57.